The molecule has 0 amide bonds. The summed E-state index contributed by atoms with van der Waals surface area (Å²) in [5, 5.41) is 0. The molecule has 190 valence electrons. The molecular weight excluding hydrogens is 464 g/mol. The van der Waals surface area contributed by atoms with E-state index < -0.39 is 6.43 Å². The zero-order valence-corrected chi connectivity index (χ0v) is 20.3. The Balaban J connectivity index is 1.27. The highest BCUT2D eigenvalue weighted by Crippen LogP contribution is 2.46. The number of ether oxygens (including phenoxy) is 1. The highest BCUT2D eigenvalue weighted by Gasteiger charge is 2.40. The summed E-state index contributed by atoms with van der Waals surface area (Å²) in [7, 11) is 0. The van der Waals surface area contributed by atoms with Gasteiger partial charge in [-0.05, 0) is 55.6 Å². The van der Waals surface area contributed by atoms with Crippen LogP contribution in [0.15, 0.2) is 30.3 Å². The lowest BCUT2D eigenvalue weighted by atomic mass is 9.96. The minimum atomic E-state index is -2.73. The van der Waals surface area contributed by atoms with E-state index in [9.17, 15) is 13.6 Å². The molecule has 6 rings (SSSR count). The first-order valence-corrected chi connectivity index (χ1v) is 13.0. The highest BCUT2D eigenvalue weighted by molar-refractivity contribution is 5.81. The number of halogens is 2. The van der Waals surface area contributed by atoms with Gasteiger partial charge in [-0.1, -0.05) is 18.6 Å². The van der Waals surface area contributed by atoms with Crippen LogP contribution < -0.4 is 4.90 Å². The van der Waals surface area contributed by atoms with Gasteiger partial charge in [-0.25, -0.2) is 18.7 Å². The first-order chi connectivity index (χ1) is 17.5. The maximum absolute atomic E-state index is 14.0. The van der Waals surface area contributed by atoms with Gasteiger partial charge in [0.15, 0.2) is 5.82 Å². The molecular formula is C27H31F2N5O2. The van der Waals surface area contributed by atoms with Gasteiger partial charge in [0.25, 0.3) is 6.43 Å². The van der Waals surface area contributed by atoms with Gasteiger partial charge in [0, 0.05) is 37.7 Å². The third kappa shape index (κ3) is 4.61. The van der Waals surface area contributed by atoms with Gasteiger partial charge in [-0.15, -0.1) is 0 Å². The Hall–Kier alpha value is -2.94. The second kappa shape index (κ2) is 9.84. The molecule has 1 aromatic carbocycles. The van der Waals surface area contributed by atoms with Crippen LogP contribution in [0.2, 0.25) is 0 Å². The zero-order chi connectivity index (χ0) is 24.6. The predicted molar refractivity (Wildman–Crippen MR) is 132 cm³/mol. The molecule has 7 nitrogen and oxygen atoms in total. The molecule has 3 heterocycles. The molecule has 0 spiro atoms. The highest BCUT2D eigenvalue weighted by atomic mass is 19.3. The van der Waals surface area contributed by atoms with Crippen LogP contribution in [0.3, 0.4) is 0 Å². The maximum Gasteiger partial charge on any atom is 0.296 e. The number of benzene rings is 1. The van der Waals surface area contributed by atoms with Crippen molar-refractivity contribution in [1.82, 2.24) is 19.5 Å². The maximum atomic E-state index is 14.0. The van der Waals surface area contributed by atoms with Crippen LogP contribution in [-0.2, 0) is 16.0 Å². The zero-order valence-electron chi connectivity index (χ0n) is 20.3. The van der Waals surface area contributed by atoms with Crippen LogP contribution in [0.4, 0.5) is 14.7 Å². The molecule has 2 aliphatic carbocycles. The number of fused-ring (bicyclic) bond motifs is 2. The Morgan fingerprint density at radius 1 is 1.03 bits per heavy atom. The second-order valence-corrected chi connectivity index (χ2v) is 10.4. The number of ketones is 1. The Morgan fingerprint density at radius 3 is 2.53 bits per heavy atom. The fourth-order valence-corrected chi connectivity index (χ4v) is 6.36. The van der Waals surface area contributed by atoms with Crippen molar-refractivity contribution in [3.63, 3.8) is 0 Å². The molecule has 36 heavy (non-hydrogen) atoms. The Kier molecular flexibility index (Phi) is 6.41. The lowest BCUT2D eigenvalue weighted by Gasteiger charge is -2.27. The number of alkyl halides is 2. The number of rotatable bonds is 7. The largest absolute Gasteiger partial charge is 0.378 e. The van der Waals surface area contributed by atoms with Crippen LogP contribution in [0, 0.1) is 17.8 Å². The quantitative estimate of drug-likeness (QED) is 0.463. The molecule has 1 aliphatic heterocycles. The van der Waals surface area contributed by atoms with Crippen molar-refractivity contribution in [1.29, 1.82) is 0 Å². The number of imidazole rings is 1. The molecule has 3 aromatic rings. The number of morpholine rings is 1. The van der Waals surface area contributed by atoms with E-state index in [1.807, 2.05) is 12.1 Å². The summed E-state index contributed by atoms with van der Waals surface area (Å²) >= 11 is 0. The normalized spacial score (nSPS) is 24.2. The number of aryl methyl sites for hydroxylation is 1. The summed E-state index contributed by atoms with van der Waals surface area (Å²) in [4.78, 5) is 27.6. The standard InChI is InChI=1S/C27H31F2N5O2/c28-25(29)26-31-22-6-1-2-7-23(22)34(26)24-16-20(30-27(32-24)33-8-10-36-11-9-33)5-3-4-17-12-18-14-21(35)15-19(18)13-17/h1-2,6-7,16-19,25H,3-5,8-15H2/t17?,18-,19+. The van der Waals surface area contributed by atoms with Crippen molar-refractivity contribution < 1.29 is 18.3 Å². The molecule has 0 bridgehead atoms. The number of carbonyl (C=O) groups is 1. The van der Waals surface area contributed by atoms with Crippen LogP contribution in [0.1, 0.15) is 56.5 Å². The van der Waals surface area contributed by atoms with E-state index >= 15 is 0 Å². The summed E-state index contributed by atoms with van der Waals surface area (Å²) in [6, 6.07) is 9.00. The Labute approximate surface area is 208 Å². The average molecular weight is 496 g/mol. The van der Waals surface area contributed by atoms with E-state index in [1.165, 1.54) is 4.57 Å². The molecule has 9 heteroatoms. The minimum absolute atomic E-state index is 0.305. The first-order valence-electron chi connectivity index (χ1n) is 13.0. The number of anilines is 1. The van der Waals surface area contributed by atoms with E-state index in [2.05, 4.69) is 9.88 Å². The summed E-state index contributed by atoms with van der Waals surface area (Å²) in [5.41, 5.74) is 1.98. The van der Waals surface area contributed by atoms with Crippen molar-refractivity contribution in [2.24, 2.45) is 17.8 Å². The molecule has 2 saturated carbocycles. The number of carbonyl (C=O) groups excluding carboxylic acids is 1. The number of hydrogen-bond acceptors (Lipinski definition) is 6. The van der Waals surface area contributed by atoms with Crippen molar-refractivity contribution >= 4 is 22.8 Å². The summed E-state index contributed by atoms with van der Waals surface area (Å²) in [5.74, 6) is 2.95. The number of aromatic nitrogens is 4. The van der Waals surface area contributed by atoms with Crippen molar-refractivity contribution in [3.8, 4) is 5.82 Å². The topological polar surface area (TPSA) is 73.1 Å². The van der Waals surface area contributed by atoms with Crippen molar-refractivity contribution in [2.75, 3.05) is 31.2 Å². The molecule has 3 fully saturated rings. The second-order valence-electron chi connectivity index (χ2n) is 10.4. The Bertz CT molecular complexity index is 1240. The minimum Gasteiger partial charge on any atom is -0.378 e. The predicted octanol–water partition coefficient (Wildman–Crippen LogP) is 4.92. The third-order valence-corrected chi connectivity index (χ3v) is 8.02. The monoisotopic (exact) mass is 495 g/mol. The lowest BCUT2D eigenvalue weighted by Crippen LogP contribution is -2.37. The van der Waals surface area contributed by atoms with Crippen LogP contribution in [-0.4, -0.2) is 51.6 Å². The van der Waals surface area contributed by atoms with Gasteiger partial charge in [0.05, 0.1) is 24.2 Å². The molecule has 3 aliphatic rings. The SMILES string of the molecule is O=C1C[C@@H]2CC(CCCc3cc(-n4c(C(F)F)nc5ccccc54)nc(N4CCOCC4)n3)C[C@@H]2C1. The van der Waals surface area contributed by atoms with Gasteiger partial charge in [0.1, 0.15) is 11.6 Å². The lowest BCUT2D eigenvalue weighted by molar-refractivity contribution is -0.117. The fourth-order valence-electron chi connectivity index (χ4n) is 6.36. The van der Waals surface area contributed by atoms with E-state index in [4.69, 9.17) is 14.7 Å². The summed E-state index contributed by atoms with van der Waals surface area (Å²) in [6.45, 7) is 2.51. The average Bonchev–Trinajstić information content (AvgIpc) is 3.55. The molecule has 2 aromatic heterocycles. The molecule has 0 radical (unpaired) electrons. The molecule has 0 N–H and O–H groups in total. The smallest absolute Gasteiger partial charge is 0.296 e. The number of hydrogen-bond donors (Lipinski definition) is 0. The van der Waals surface area contributed by atoms with Gasteiger partial charge >= 0.3 is 0 Å². The fraction of sp³-hybridized carbons (Fsp3) is 0.556. The Morgan fingerprint density at radius 2 is 1.78 bits per heavy atom. The van der Waals surface area contributed by atoms with E-state index in [0.717, 1.165) is 50.6 Å². The number of Topliss-reactive ketones (excluding diaryl/α,β-unsaturated/α-hetero) is 1. The van der Waals surface area contributed by atoms with Crippen molar-refractivity contribution in [3.05, 3.63) is 41.9 Å². The third-order valence-electron chi connectivity index (χ3n) is 8.02. The van der Waals surface area contributed by atoms with Gasteiger partial charge in [0.2, 0.25) is 5.95 Å². The van der Waals surface area contributed by atoms with Crippen molar-refractivity contribution in [2.45, 2.75) is 51.4 Å². The van der Waals surface area contributed by atoms with Crippen LogP contribution in [0.25, 0.3) is 16.9 Å². The first kappa shape index (κ1) is 23.5. The molecule has 3 atom stereocenters. The number of nitrogens with zero attached hydrogens (tertiary/aromatic N) is 5. The summed E-state index contributed by atoms with van der Waals surface area (Å²) < 4.78 is 35.0. The van der Waals surface area contributed by atoms with Gasteiger partial charge in [-0.2, -0.15) is 4.98 Å². The van der Waals surface area contributed by atoms with E-state index in [0.29, 0.717) is 72.6 Å². The van der Waals surface area contributed by atoms with Gasteiger partial charge < -0.3 is 9.64 Å². The van der Waals surface area contributed by atoms with E-state index in [1.54, 1.807) is 18.2 Å². The molecule has 1 saturated heterocycles. The van der Waals surface area contributed by atoms with Crippen LogP contribution in [0.5, 0.6) is 0 Å². The number of para-hydroxylation sites is 2. The van der Waals surface area contributed by atoms with E-state index in [-0.39, 0.29) is 5.82 Å². The van der Waals surface area contributed by atoms with Crippen LogP contribution >= 0.6 is 0 Å². The van der Waals surface area contributed by atoms with Gasteiger partial charge in [-0.3, -0.25) is 9.36 Å². The summed E-state index contributed by atoms with van der Waals surface area (Å²) in [6.07, 6.45) is 3.96. The molecule has 1 unspecified atom stereocenters.